The molecule has 0 atom stereocenters. The molecular weight excluding hydrogens is 735 g/mol. The van der Waals surface area contributed by atoms with Crippen LogP contribution in [0, 0.1) is 6.92 Å². The summed E-state index contributed by atoms with van der Waals surface area (Å²) in [5.74, 6) is 0. The number of pyridine rings is 2. The van der Waals surface area contributed by atoms with Gasteiger partial charge in [-0.3, -0.25) is 9.97 Å². The Balaban J connectivity index is 1.04. The molecule has 3 nitrogen and oxygen atoms in total. The van der Waals surface area contributed by atoms with Crippen molar-refractivity contribution in [2.24, 2.45) is 0 Å². The predicted octanol–water partition coefficient (Wildman–Crippen LogP) is 15.5. The number of aryl methyl sites for hydroxylation is 1. The maximum atomic E-state index is 5.08. The number of hydrogen-bond donors (Lipinski definition) is 0. The van der Waals surface area contributed by atoms with Gasteiger partial charge in [0.15, 0.2) is 0 Å². The molecule has 11 rings (SSSR count). The second kappa shape index (κ2) is 14.5. The summed E-state index contributed by atoms with van der Waals surface area (Å²) in [6.07, 6.45) is 3.81. The highest BCUT2D eigenvalue weighted by atomic mass is 32.1. The third-order valence-electron chi connectivity index (χ3n) is 11.5. The molecule has 0 spiro atoms. The number of aromatic nitrogens is 2. The maximum Gasteiger partial charge on any atom is 0.0881 e. The Hall–Kier alpha value is -7.40. The number of para-hydroxylation sites is 1. The van der Waals surface area contributed by atoms with E-state index in [1.807, 2.05) is 35.9 Å². The van der Waals surface area contributed by atoms with E-state index in [0.29, 0.717) is 0 Å². The number of thiophene rings is 1. The van der Waals surface area contributed by atoms with Gasteiger partial charge in [0.2, 0.25) is 0 Å². The van der Waals surface area contributed by atoms with Crippen LogP contribution in [0.3, 0.4) is 0 Å². The normalized spacial score (nSPS) is 11.5. The summed E-state index contributed by atoms with van der Waals surface area (Å²) in [6, 6.07) is 69.8. The first kappa shape index (κ1) is 34.8. The van der Waals surface area contributed by atoms with Crippen molar-refractivity contribution in [3.63, 3.8) is 0 Å². The molecule has 59 heavy (non-hydrogen) atoms. The molecule has 0 unspecified atom stereocenters. The zero-order chi connectivity index (χ0) is 39.3. The summed E-state index contributed by atoms with van der Waals surface area (Å²) < 4.78 is 1.19. The van der Waals surface area contributed by atoms with Gasteiger partial charge in [0.25, 0.3) is 0 Å². The lowest BCUT2D eigenvalue weighted by Crippen LogP contribution is -2.10. The Morgan fingerprint density at radius 1 is 0.390 bits per heavy atom. The van der Waals surface area contributed by atoms with E-state index in [4.69, 9.17) is 4.98 Å². The van der Waals surface area contributed by atoms with Crippen molar-refractivity contribution in [3.05, 3.63) is 212 Å². The minimum Gasteiger partial charge on any atom is -0.310 e. The minimum absolute atomic E-state index is 0.945. The highest BCUT2D eigenvalue weighted by Gasteiger charge is 2.24. The first-order valence-corrected chi connectivity index (χ1v) is 20.8. The van der Waals surface area contributed by atoms with Crippen molar-refractivity contribution in [1.82, 2.24) is 9.97 Å². The van der Waals surface area contributed by atoms with E-state index in [2.05, 4.69) is 199 Å². The van der Waals surface area contributed by atoms with Crippen LogP contribution in [-0.2, 0) is 0 Å². The number of fused-ring (bicyclic) bond motifs is 9. The van der Waals surface area contributed by atoms with Crippen LogP contribution >= 0.6 is 11.3 Å². The van der Waals surface area contributed by atoms with E-state index in [1.54, 1.807) is 0 Å². The molecule has 3 aromatic heterocycles. The van der Waals surface area contributed by atoms with Crippen LogP contribution < -0.4 is 4.90 Å². The molecule has 0 aliphatic heterocycles. The van der Waals surface area contributed by atoms with Crippen LogP contribution in [0.25, 0.3) is 87.5 Å². The van der Waals surface area contributed by atoms with Gasteiger partial charge in [0, 0.05) is 45.5 Å². The van der Waals surface area contributed by atoms with Gasteiger partial charge in [-0.1, -0.05) is 133 Å². The number of anilines is 3. The molecule has 0 fully saturated rings. The van der Waals surface area contributed by atoms with Gasteiger partial charge in [-0.2, -0.15) is 0 Å². The second-order valence-electron chi connectivity index (χ2n) is 15.0. The van der Waals surface area contributed by atoms with Crippen LogP contribution in [-0.4, -0.2) is 9.97 Å². The van der Waals surface area contributed by atoms with Gasteiger partial charge in [-0.25, -0.2) is 0 Å². The lowest BCUT2D eigenvalue weighted by molar-refractivity contribution is 1.27. The molecule has 1 aliphatic rings. The highest BCUT2D eigenvalue weighted by molar-refractivity contribution is 7.23. The SMILES string of the molecule is Cc1c(-c2ccc3c(c2)-c2ccccc2-c2ccccc2-c2ccccc2-3)sc2c(-c3cccc(N(c4ccccc4)c4cccc(-c5ccccn5)c4)c3)nccc12. The van der Waals surface area contributed by atoms with Gasteiger partial charge in [-0.15, -0.1) is 11.3 Å². The quantitative estimate of drug-likeness (QED) is 0.169. The van der Waals surface area contributed by atoms with Gasteiger partial charge in [0.1, 0.15) is 0 Å². The van der Waals surface area contributed by atoms with Crippen molar-refractivity contribution in [3.8, 4) is 77.5 Å². The first-order chi connectivity index (χ1) is 29.2. The van der Waals surface area contributed by atoms with Crippen LogP contribution in [0.2, 0.25) is 0 Å². The number of rotatable bonds is 6. The third-order valence-corrected chi connectivity index (χ3v) is 12.9. The number of benzene rings is 7. The molecule has 3 heterocycles. The topological polar surface area (TPSA) is 29.0 Å². The summed E-state index contributed by atoms with van der Waals surface area (Å²) in [6.45, 7) is 2.26. The summed E-state index contributed by atoms with van der Waals surface area (Å²) in [4.78, 5) is 13.3. The summed E-state index contributed by atoms with van der Waals surface area (Å²) in [5.41, 5.74) is 19.8. The van der Waals surface area contributed by atoms with Crippen molar-refractivity contribution in [2.45, 2.75) is 6.92 Å². The number of hydrogen-bond acceptors (Lipinski definition) is 4. The Bertz CT molecular complexity index is 3180. The molecule has 278 valence electrons. The maximum absolute atomic E-state index is 5.08. The van der Waals surface area contributed by atoms with Crippen molar-refractivity contribution >= 4 is 38.5 Å². The van der Waals surface area contributed by atoms with Crippen molar-refractivity contribution in [2.75, 3.05) is 4.90 Å². The monoisotopic (exact) mass is 771 g/mol. The molecule has 0 amide bonds. The lowest BCUT2D eigenvalue weighted by atomic mass is 9.80. The molecule has 4 heteroatoms. The third kappa shape index (κ3) is 6.05. The molecular formula is C55H37N3S. The minimum atomic E-state index is 0.945. The number of nitrogens with zero attached hydrogens (tertiary/aromatic N) is 3. The largest absolute Gasteiger partial charge is 0.310 e. The molecule has 0 saturated carbocycles. The lowest BCUT2D eigenvalue weighted by Gasteiger charge is -2.26. The average Bonchev–Trinajstić information content (AvgIpc) is 3.65. The Morgan fingerprint density at radius 3 is 1.56 bits per heavy atom. The summed E-state index contributed by atoms with van der Waals surface area (Å²) in [5, 5.41) is 1.23. The molecule has 7 aromatic carbocycles. The van der Waals surface area contributed by atoms with E-state index in [0.717, 1.165) is 39.6 Å². The Labute approximate surface area is 348 Å². The zero-order valence-electron chi connectivity index (χ0n) is 32.4. The van der Waals surface area contributed by atoms with Gasteiger partial charge in [-0.05, 0) is 129 Å². The van der Waals surface area contributed by atoms with E-state index >= 15 is 0 Å². The fourth-order valence-electron chi connectivity index (χ4n) is 8.78. The standard InChI is InChI=1S/C55H37N3S/c1-36-43-30-32-57-53(38-16-14-20-42(34-38)58(40-17-3-2-4-18-40)41-19-13-15-37(33-41)52-27-11-12-31-56-52)55(43)59-54(36)39-28-29-50-48-25-8-7-23-46(48)44-21-5-6-22-45(44)47-24-9-10-26-49(47)51(50)35-39/h2-35H,1H3. The molecule has 0 N–H and O–H groups in total. The van der Waals surface area contributed by atoms with E-state index in [-0.39, 0.29) is 0 Å². The van der Waals surface area contributed by atoms with Gasteiger partial charge in [0.05, 0.1) is 16.1 Å². The fourth-order valence-corrected chi connectivity index (χ4v) is 10.1. The molecule has 10 aromatic rings. The van der Waals surface area contributed by atoms with Crippen LogP contribution in [0.5, 0.6) is 0 Å². The van der Waals surface area contributed by atoms with Gasteiger partial charge < -0.3 is 4.90 Å². The Kier molecular flexibility index (Phi) is 8.57. The van der Waals surface area contributed by atoms with Crippen LogP contribution in [0.15, 0.2) is 207 Å². The van der Waals surface area contributed by atoms with Crippen LogP contribution in [0.4, 0.5) is 17.1 Å². The molecule has 0 saturated heterocycles. The molecule has 0 bridgehead atoms. The van der Waals surface area contributed by atoms with E-state index < -0.39 is 0 Å². The first-order valence-electron chi connectivity index (χ1n) is 20.0. The molecule has 0 radical (unpaired) electrons. The second-order valence-corrected chi connectivity index (χ2v) is 16.0. The van der Waals surface area contributed by atoms with Crippen molar-refractivity contribution < 1.29 is 0 Å². The Morgan fingerprint density at radius 2 is 0.932 bits per heavy atom. The van der Waals surface area contributed by atoms with E-state index in [9.17, 15) is 0 Å². The zero-order valence-corrected chi connectivity index (χ0v) is 33.2. The van der Waals surface area contributed by atoms with E-state index in [1.165, 1.54) is 70.6 Å². The van der Waals surface area contributed by atoms with Gasteiger partial charge >= 0.3 is 0 Å². The smallest absolute Gasteiger partial charge is 0.0881 e. The molecule has 1 aliphatic carbocycles. The summed E-state index contributed by atoms with van der Waals surface area (Å²) >= 11 is 1.84. The van der Waals surface area contributed by atoms with Crippen molar-refractivity contribution in [1.29, 1.82) is 0 Å². The predicted molar refractivity (Wildman–Crippen MR) is 248 cm³/mol. The fraction of sp³-hybridized carbons (Fsp3) is 0.0182. The average molecular weight is 772 g/mol. The summed E-state index contributed by atoms with van der Waals surface area (Å²) in [7, 11) is 0. The van der Waals surface area contributed by atoms with Crippen LogP contribution in [0.1, 0.15) is 5.56 Å². The highest BCUT2D eigenvalue weighted by Crippen LogP contribution is 2.50.